The highest BCUT2D eigenvalue weighted by Crippen LogP contribution is 2.34. The first-order valence-corrected chi connectivity index (χ1v) is 14.5. The Kier molecular flexibility index (Phi) is 8.24. The number of hydrogen-bond acceptors (Lipinski definition) is 9. The molecule has 0 bridgehead atoms. The Morgan fingerprint density at radius 1 is 0.826 bits per heavy atom. The molecule has 0 atom stereocenters. The van der Waals surface area contributed by atoms with Crippen LogP contribution in [0, 0.1) is 12.7 Å². The molecule has 3 aromatic heterocycles. The Bertz CT molecular complexity index is 1980. The van der Waals surface area contributed by atoms with Gasteiger partial charge in [-0.05, 0) is 96.0 Å². The average Bonchev–Trinajstić information content (AvgIpc) is 3.30. The summed E-state index contributed by atoms with van der Waals surface area (Å²) in [4.78, 5) is 53.6. The molecule has 2 amide bonds. The van der Waals surface area contributed by atoms with Gasteiger partial charge in [0.15, 0.2) is 0 Å². The number of nitrogens with zero attached hydrogens (tertiary/aromatic N) is 5. The van der Waals surface area contributed by atoms with Crippen LogP contribution in [0.15, 0.2) is 60.9 Å². The Labute approximate surface area is 264 Å². The Morgan fingerprint density at radius 2 is 1.48 bits per heavy atom. The molecule has 0 radical (unpaired) electrons. The van der Waals surface area contributed by atoms with E-state index < -0.39 is 35.2 Å². The van der Waals surface area contributed by atoms with Gasteiger partial charge in [-0.2, -0.15) is 4.90 Å². The molecule has 11 nitrogen and oxygen atoms in total. The molecule has 5 aromatic rings. The zero-order chi connectivity index (χ0) is 33.6. The van der Waals surface area contributed by atoms with Gasteiger partial charge in [0.2, 0.25) is 0 Å². The largest absolute Gasteiger partial charge is 0.465 e. The van der Waals surface area contributed by atoms with Gasteiger partial charge >= 0.3 is 18.2 Å². The van der Waals surface area contributed by atoms with Crippen molar-refractivity contribution in [2.24, 2.45) is 0 Å². The predicted molar refractivity (Wildman–Crippen MR) is 171 cm³/mol. The van der Waals surface area contributed by atoms with Crippen LogP contribution < -0.4 is 4.90 Å². The minimum atomic E-state index is -0.970. The maximum Gasteiger partial charge on any atom is 0.425 e. The number of imide groups is 1. The lowest BCUT2D eigenvalue weighted by Gasteiger charge is -2.28. The number of halogens is 1. The quantitative estimate of drug-likeness (QED) is 0.147. The molecule has 0 unspecified atom stereocenters. The second-order valence-electron chi connectivity index (χ2n) is 12.5. The molecule has 0 aliphatic heterocycles. The van der Waals surface area contributed by atoms with E-state index in [1.54, 1.807) is 84.9 Å². The van der Waals surface area contributed by atoms with Crippen molar-refractivity contribution in [2.45, 2.75) is 59.7 Å². The van der Waals surface area contributed by atoms with Gasteiger partial charge in [0, 0.05) is 17.8 Å². The number of carbonyl (C=O) groups is 3. The number of para-hydroxylation sites is 1. The molecule has 3 heterocycles. The lowest BCUT2D eigenvalue weighted by atomic mass is 10.0. The SMILES string of the molecule is COC(=O)c1cc(-c2ccnc(N(C(=O)OC(C)(C)C)C(=O)OC(C)(C)C)c2)cc2c1nc(C)n2-c1ccnc2c(F)cccc12. The van der Waals surface area contributed by atoms with Crippen molar-refractivity contribution < 1.29 is 33.0 Å². The third-order valence-electron chi connectivity index (χ3n) is 6.73. The molecular weight excluding hydrogens is 593 g/mol. The summed E-state index contributed by atoms with van der Waals surface area (Å²) in [6.45, 7) is 11.8. The highest BCUT2D eigenvalue weighted by Gasteiger charge is 2.34. The molecular formula is C34H34FN5O6. The van der Waals surface area contributed by atoms with Gasteiger partial charge in [0.05, 0.1) is 23.9 Å². The van der Waals surface area contributed by atoms with Crippen molar-refractivity contribution in [3.63, 3.8) is 0 Å². The summed E-state index contributed by atoms with van der Waals surface area (Å²) in [7, 11) is 1.27. The molecule has 46 heavy (non-hydrogen) atoms. The number of aromatic nitrogens is 4. The van der Waals surface area contributed by atoms with Crippen molar-refractivity contribution in [1.82, 2.24) is 19.5 Å². The first-order valence-electron chi connectivity index (χ1n) is 14.5. The zero-order valence-corrected chi connectivity index (χ0v) is 26.8. The van der Waals surface area contributed by atoms with Gasteiger partial charge < -0.3 is 14.2 Å². The van der Waals surface area contributed by atoms with Crippen LogP contribution in [0.25, 0.3) is 38.8 Å². The van der Waals surface area contributed by atoms with Crippen LogP contribution in [-0.4, -0.2) is 56.0 Å². The van der Waals surface area contributed by atoms with E-state index in [9.17, 15) is 18.8 Å². The van der Waals surface area contributed by atoms with E-state index in [0.29, 0.717) is 39.1 Å². The van der Waals surface area contributed by atoms with Crippen molar-refractivity contribution >= 4 is 45.9 Å². The number of esters is 1. The molecule has 12 heteroatoms. The van der Waals surface area contributed by atoms with E-state index in [-0.39, 0.29) is 16.9 Å². The molecule has 0 aliphatic rings. The summed E-state index contributed by atoms with van der Waals surface area (Å²) >= 11 is 0. The van der Waals surface area contributed by atoms with Gasteiger partial charge in [0.1, 0.15) is 39.7 Å². The van der Waals surface area contributed by atoms with Crippen molar-refractivity contribution in [1.29, 1.82) is 0 Å². The van der Waals surface area contributed by atoms with Crippen molar-refractivity contribution in [2.75, 3.05) is 12.0 Å². The number of amides is 2. The number of rotatable bonds is 4. The maximum atomic E-state index is 14.7. The Balaban J connectivity index is 1.72. The van der Waals surface area contributed by atoms with E-state index in [1.165, 1.54) is 31.6 Å². The van der Waals surface area contributed by atoms with Gasteiger partial charge in [-0.15, -0.1) is 0 Å². The number of pyridine rings is 2. The van der Waals surface area contributed by atoms with E-state index in [1.807, 2.05) is 4.57 Å². The average molecular weight is 628 g/mol. The van der Waals surface area contributed by atoms with E-state index in [0.717, 1.165) is 4.90 Å². The van der Waals surface area contributed by atoms with E-state index >= 15 is 0 Å². The Morgan fingerprint density at radius 3 is 2.11 bits per heavy atom. The molecule has 0 spiro atoms. The third-order valence-corrected chi connectivity index (χ3v) is 6.73. The lowest BCUT2D eigenvalue weighted by molar-refractivity contribution is 0.0428. The number of ether oxygens (including phenoxy) is 3. The zero-order valence-electron chi connectivity index (χ0n) is 26.8. The number of benzene rings is 2. The molecule has 238 valence electrons. The monoisotopic (exact) mass is 627 g/mol. The molecule has 0 aliphatic carbocycles. The first kappa shape index (κ1) is 32.0. The van der Waals surface area contributed by atoms with Crippen LogP contribution in [0.4, 0.5) is 19.8 Å². The predicted octanol–water partition coefficient (Wildman–Crippen LogP) is 7.55. The number of hydrogen-bond donors (Lipinski definition) is 0. The summed E-state index contributed by atoms with van der Waals surface area (Å²) in [5, 5.41) is 0.548. The summed E-state index contributed by atoms with van der Waals surface area (Å²) in [6.07, 6.45) is 0.995. The highest BCUT2D eigenvalue weighted by molar-refractivity contribution is 6.09. The first-order chi connectivity index (χ1) is 21.6. The minimum absolute atomic E-state index is 0.0546. The highest BCUT2D eigenvalue weighted by atomic mass is 19.1. The van der Waals surface area contributed by atoms with Gasteiger partial charge in [0.25, 0.3) is 0 Å². The second kappa shape index (κ2) is 11.8. The van der Waals surface area contributed by atoms with Crippen molar-refractivity contribution in [3.05, 3.63) is 78.1 Å². The van der Waals surface area contributed by atoms with Crippen LogP contribution >= 0.6 is 0 Å². The minimum Gasteiger partial charge on any atom is -0.465 e. The number of carbonyl (C=O) groups excluding carboxylic acids is 3. The number of anilines is 1. The van der Waals surface area contributed by atoms with Crippen LogP contribution in [0.3, 0.4) is 0 Å². The lowest BCUT2D eigenvalue weighted by Crippen LogP contribution is -2.44. The molecule has 0 saturated heterocycles. The maximum absolute atomic E-state index is 14.7. The number of aryl methyl sites for hydroxylation is 1. The Hall–Kier alpha value is -5.39. The van der Waals surface area contributed by atoms with Gasteiger partial charge in [-0.3, -0.25) is 9.55 Å². The fourth-order valence-corrected chi connectivity index (χ4v) is 4.95. The van der Waals surface area contributed by atoms with Gasteiger partial charge in [-0.25, -0.2) is 28.7 Å². The fourth-order valence-electron chi connectivity index (χ4n) is 4.95. The standard InChI is InChI=1S/C34H34FN5O6/c1-19-38-29-23(30(41)44-8)16-21(17-26(29)39(19)25-13-15-37-28-22(25)10-9-11-24(28)35)20-12-14-36-27(18-20)40(31(42)45-33(2,3)4)32(43)46-34(5,6)7/h9-18H,1-8H3. The molecule has 0 N–H and O–H groups in total. The number of fused-ring (bicyclic) bond motifs is 2. The summed E-state index contributed by atoms with van der Waals surface area (Å²) in [6, 6.07) is 13.0. The van der Waals surface area contributed by atoms with E-state index in [4.69, 9.17) is 14.2 Å². The summed E-state index contributed by atoms with van der Waals surface area (Å²) in [5.74, 6) is -0.617. The summed E-state index contributed by atoms with van der Waals surface area (Å²) in [5.41, 5.74) is 1.08. The smallest absolute Gasteiger partial charge is 0.425 e. The fraction of sp³-hybridized carbons (Fsp3) is 0.294. The third kappa shape index (κ3) is 6.37. The van der Waals surface area contributed by atoms with Crippen LogP contribution in [0.5, 0.6) is 0 Å². The molecule has 2 aromatic carbocycles. The summed E-state index contributed by atoms with van der Waals surface area (Å²) < 4.78 is 32.6. The number of imidazole rings is 1. The second-order valence-corrected chi connectivity index (χ2v) is 12.5. The molecule has 5 rings (SSSR count). The van der Waals surface area contributed by atoms with Crippen LogP contribution in [-0.2, 0) is 14.2 Å². The molecule has 0 fully saturated rings. The van der Waals surface area contributed by atoms with Crippen LogP contribution in [0.1, 0.15) is 57.7 Å². The van der Waals surface area contributed by atoms with E-state index in [2.05, 4.69) is 15.0 Å². The van der Waals surface area contributed by atoms with Crippen LogP contribution in [0.2, 0.25) is 0 Å². The normalized spacial score (nSPS) is 11.8. The topological polar surface area (TPSA) is 126 Å². The molecule has 0 saturated carbocycles. The number of methoxy groups -OCH3 is 1. The van der Waals surface area contributed by atoms with Gasteiger partial charge in [-0.1, -0.05) is 12.1 Å². The van der Waals surface area contributed by atoms with Crippen molar-refractivity contribution in [3.8, 4) is 16.8 Å².